The Morgan fingerprint density at radius 1 is 0.492 bits per heavy atom. The maximum absolute atomic E-state index is 4.73. The number of allylic oxidation sites excluding steroid dienone is 4. The summed E-state index contributed by atoms with van der Waals surface area (Å²) in [4.78, 5) is 6.44. The molecular weight excluding hydrogens is 731 g/mol. The lowest BCUT2D eigenvalue weighted by Crippen LogP contribution is -2.28. The van der Waals surface area contributed by atoms with Crippen LogP contribution in [0.3, 0.4) is 0 Å². The van der Waals surface area contributed by atoms with Crippen LogP contribution in [0.1, 0.15) is 38.9 Å². The number of anilines is 2. The monoisotopic (exact) mass is 775 g/mol. The summed E-state index contributed by atoms with van der Waals surface area (Å²) >= 11 is 0. The number of nitrogens with zero attached hydrogens (tertiary/aromatic N) is 1. The number of fused-ring (bicyclic) bond motifs is 5. The van der Waals surface area contributed by atoms with E-state index >= 15 is 0 Å². The van der Waals surface area contributed by atoms with Crippen molar-refractivity contribution in [1.29, 1.82) is 0 Å². The van der Waals surface area contributed by atoms with E-state index in [0.29, 0.717) is 0 Å². The van der Waals surface area contributed by atoms with E-state index in [0.717, 1.165) is 28.9 Å². The lowest BCUT2D eigenvalue weighted by molar-refractivity contribution is 0.768. The highest BCUT2D eigenvalue weighted by Crippen LogP contribution is 2.65. The molecule has 0 saturated heterocycles. The minimum absolute atomic E-state index is 0.482. The van der Waals surface area contributed by atoms with Crippen molar-refractivity contribution in [3.05, 3.63) is 276 Å². The van der Waals surface area contributed by atoms with Crippen LogP contribution in [0, 0.1) is 0 Å². The molecule has 0 atom stereocenters. The highest BCUT2D eigenvalue weighted by Gasteiger charge is 2.47. The van der Waals surface area contributed by atoms with Crippen LogP contribution < -0.4 is 4.90 Å². The molecule has 59 heavy (non-hydrogen) atoms. The van der Waals surface area contributed by atoms with Gasteiger partial charge in [0.2, 0.25) is 0 Å². The van der Waals surface area contributed by atoms with E-state index in [1.165, 1.54) is 59.2 Å². The minimum atomic E-state index is -1.46. The molecule has 0 amide bonds. The summed E-state index contributed by atoms with van der Waals surface area (Å²) in [6.45, 7) is 4.73. The van der Waals surface area contributed by atoms with E-state index in [2.05, 4.69) is 242 Å². The van der Waals surface area contributed by atoms with Crippen LogP contribution in [-0.2, 0) is 11.8 Å². The predicted molar refractivity (Wildman–Crippen MR) is 250 cm³/mol. The molecule has 8 aromatic carbocycles. The Labute approximate surface area is 350 Å². The van der Waals surface area contributed by atoms with Gasteiger partial charge >= 0.3 is 0 Å². The van der Waals surface area contributed by atoms with Crippen LogP contribution >= 0.6 is 10.0 Å². The van der Waals surface area contributed by atoms with Crippen LogP contribution in [-0.4, -0.2) is 6.26 Å². The number of benzene rings is 8. The molecule has 0 bridgehead atoms. The van der Waals surface area contributed by atoms with Gasteiger partial charge < -0.3 is 4.90 Å². The molecule has 1 aliphatic heterocycles. The summed E-state index contributed by atoms with van der Waals surface area (Å²) in [5.74, 6) is 0. The largest absolute Gasteiger partial charge is 0.317 e. The second kappa shape index (κ2) is 15.1. The molecule has 0 aromatic heterocycles. The molecule has 8 aromatic rings. The molecular formula is C57H45NS. The van der Waals surface area contributed by atoms with Crippen LogP contribution in [0.5, 0.6) is 0 Å². The van der Waals surface area contributed by atoms with Gasteiger partial charge in [-0.3, -0.25) is 0 Å². The van der Waals surface area contributed by atoms with Crippen molar-refractivity contribution in [2.75, 3.05) is 11.2 Å². The third-order valence-corrected chi connectivity index (χ3v) is 15.8. The first-order valence-electron chi connectivity index (χ1n) is 20.3. The standard InChI is InChI=1S/C57H45NS/c1-42-21-17-18-38-58(47-28-19-22-43(40-47)39-44-23-20-33-50(41-44)59(2,48-29-11-5-12-30-48)49-31-13-6-14-32-49)54-37-36-53-56(55(42)54)51-34-15-16-35-52(51)57(53,45-24-7-3-8-25-45)46-26-9-4-10-27-46/h3-38,40-41H,1,39H2,2H3/b21-17-,38-18-. The van der Waals surface area contributed by atoms with Crippen LogP contribution in [0.15, 0.2) is 252 Å². The van der Waals surface area contributed by atoms with Crippen molar-refractivity contribution in [2.24, 2.45) is 0 Å². The van der Waals surface area contributed by atoms with Gasteiger partial charge in [0.05, 0.1) is 11.1 Å². The van der Waals surface area contributed by atoms with Crippen LogP contribution in [0.4, 0.5) is 11.4 Å². The van der Waals surface area contributed by atoms with Gasteiger partial charge in [-0.25, -0.2) is 0 Å². The molecule has 1 aliphatic carbocycles. The Bertz CT molecular complexity index is 2790. The van der Waals surface area contributed by atoms with Gasteiger partial charge in [0.15, 0.2) is 0 Å². The molecule has 0 unspecified atom stereocenters. The lowest BCUT2D eigenvalue weighted by atomic mass is 9.67. The van der Waals surface area contributed by atoms with Crippen molar-refractivity contribution in [2.45, 2.75) is 26.5 Å². The highest BCUT2D eigenvalue weighted by atomic mass is 32.3. The van der Waals surface area contributed by atoms with Gasteiger partial charge in [-0.05, 0) is 138 Å². The van der Waals surface area contributed by atoms with Crippen LogP contribution in [0.25, 0.3) is 16.7 Å². The summed E-state index contributed by atoms with van der Waals surface area (Å²) in [6, 6.07) is 76.0. The molecule has 0 fully saturated rings. The van der Waals surface area contributed by atoms with Crippen molar-refractivity contribution >= 4 is 27.0 Å². The maximum Gasteiger partial charge on any atom is 0.0713 e. The van der Waals surface area contributed by atoms with E-state index in [1.807, 2.05) is 0 Å². The van der Waals surface area contributed by atoms with E-state index in [9.17, 15) is 0 Å². The van der Waals surface area contributed by atoms with Crippen LogP contribution in [0.2, 0.25) is 0 Å². The van der Waals surface area contributed by atoms with Gasteiger partial charge in [-0.2, -0.15) is 10.0 Å². The fourth-order valence-electron chi connectivity index (χ4n) is 9.50. The van der Waals surface area contributed by atoms with Gasteiger partial charge in [0.1, 0.15) is 0 Å². The van der Waals surface area contributed by atoms with Gasteiger partial charge in [-0.1, -0.05) is 170 Å². The quantitative estimate of drug-likeness (QED) is 0.149. The second-order valence-electron chi connectivity index (χ2n) is 15.5. The van der Waals surface area contributed by atoms with E-state index in [1.54, 1.807) is 0 Å². The SMILES string of the molecule is C=C1/C=C\C=C/N(c2cccc(Cc3cccc(S(C)(c4ccccc4)c4ccccc4)c3)c2)c2ccc3c(c21)-c1ccccc1C3(c1ccccc1)c1ccccc1. The molecule has 1 heterocycles. The molecule has 284 valence electrons. The average molecular weight is 776 g/mol. The fourth-order valence-corrected chi connectivity index (χ4v) is 12.5. The smallest absolute Gasteiger partial charge is 0.0713 e. The normalized spacial score (nSPS) is 15.3. The molecule has 1 nitrogen and oxygen atoms in total. The van der Waals surface area contributed by atoms with Crippen molar-refractivity contribution < 1.29 is 0 Å². The zero-order chi connectivity index (χ0) is 39.8. The molecule has 0 N–H and O–H groups in total. The maximum atomic E-state index is 4.73. The number of hydrogen-bond donors (Lipinski definition) is 0. The third-order valence-electron chi connectivity index (χ3n) is 12.2. The topological polar surface area (TPSA) is 3.24 Å². The summed E-state index contributed by atoms with van der Waals surface area (Å²) in [6.07, 6.45) is 11.9. The van der Waals surface area contributed by atoms with E-state index in [-0.39, 0.29) is 0 Å². The second-order valence-corrected chi connectivity index (χ2v) is 18.8. The van der Waals surface area contributed by atoms with E-state index < -0.39 is 15.4 Å². The summed E-state index contributed by atoms with van der Waals surface area (Å²) in [7, 11) is -1.46. The Morgan fingerprint density at radius 2 is 1.05 bits per heavy atom. The Balaban J connectivity index is 1.08. The zero-order valence-electron chi connectivity index (χ0n) is 33.2. The van der Waals surface area contributed by atoms with Crippen molar-refractivity contribution in [3.8, 4) is 11.1 Å². The molecule has 0 spiro atoms. The predicted octanol–water partition coefficient (Wildman–Crippen LogP) is 14.8. The summed E-state index contributed by atoms with van der Waals surface area (Å²) in [5, 5.41) is 0. The minimum Gasteiger partial charge on any atom is -0.317 e. The zero-order valence-corrected chi connectivity index (χ0v) is 34.0. The summed E-state index contributed by atoms with van der Waals surface area (Å²) in [5.41, 5.74) is 14.1. The Morgan fingerprint density at radius 3 is 1.71 bits per heavy atom. The first-order valence-corrected chi connectivity index (χ1v) is 22.4. The molecule has 0 saturated carbocycles. The Kier molecular flexibility index (Phi) is 9.36. The molecule has 2 aliphatic rings. The highest BCUT2D eigenvalue weighted by molar-refractivity contribution is 8.33. The first-order chi connectivity index (χ1) is 29.1. The van der Waals surface area contributed by atoms with Crippen molar-refractivity contribution in [3.63, 3.8) is 0 Å². The number of hydrogen-bond acceptors (Lipinski definition) is 1. The fraction of sp³-hybridized carbons (Fsp3) is 0.0526. The molecule has 2 heteroatoms. The number of rotatable bonds is 8. The van der Waals surface area contributed by atoms with Gasteiger partial charge in [0.25, 0.3) is 0 Å². The van der Waals surface area contributed by atoms with Gasteiger partial charge in [-0.15, -0.1) is 0 Å². The molecule has 0 radical (unpaired) electrons. The van der Waals surface area contributed by atoms with E-state index in [4.69, 9.17) is 6.58 Å². The van der Waals surface area contributed by atoms with Crippen molar-refractivity contribution in [1.82, 2.24) is 0 Å². The Hall–Kier alpha value is -6.87. The molecule has 10 rings (SSSR count). The summed E-state index contributed by atoms with van der Waals surface area (Å²) < 4.78 is 0. The first kappa shape index (κ1) is 36.5. The third kappa shape index (κ3) is 6.11. The van der Waals surface area contributed by atoms with Gasteiger partial charge in [0, 0.05) is 17.5 Å². The average Bonchev–Trinajstić information content (AvgIpc) is 3.60. The lowest BCUT2D eigenvalue weighted by Gasteiger charge is -2.37.